The van der Waals surface area contributed by atoms with Crippen molar-refractivity contribution < 1.29 is 9.59 Å². The van der Waals surface area contributed by atoms with Gasteiger partial charge < -0.3 is 11.5 Å². The SMILES string of the molecule is CCCCCC(CC)CC1CC(=O)C2=C(c3c#cc(-c4ccc(CN)cc4)cc3)C(CC(CC)CCCC)C(=O)C2=C1c1ccc(-c2ccc(CN)cc2)s1. The van der Waals surface area contributed by atoms with Gasteiger partial charge in [0, 0.05) is 57.5 Å². The number of rotatable bonds is 19. The summed E-state index contributed by atoms with van der Waals surface area (Å²) in [5, 5.41) is 0. The summed E-state index contributed by atoms with van der Waals surface area (Å²) in [5.41, 5.74) is 21.2. The van der Waals surface area contributed by atoms with E-state index in [2.05, 4.69) is 100 Å². The average molecular weight is 753 g/mol. The second-order valence-corrected chi connectivity index (χ2v) is 16.9. The molecule has 4 aromatic rings. The van der Waals surface area contributed by atoms with Gasteiger partial charge in [-0.05, 0) is 88.3 Å². The van der Waals surface area contributed by atoms with E-state index in [4.69, 9.17) is 11.5 Å². The predicted molar refractivity (Wildman–Crippen MR) is 231 cm³/mol. The van der Waals surface area contributed by atoms with Gasteiger partial charge >= 0.3 is 0 Å². The van der Waals surface area contributed by atoms with Gasteiger partial charge in [-0.15, -0.1) is 11.3 Å². The lowest BCUT2D eigenvalue weighted by Crippen LogP contribution is -2.25. The first-order valence-corrected chi connectivity index (χ1v) is 21.8. The number of hydrogen-bond donors (Lipinski definition) is 2. The van der Waals surface area contributed by atoms with E-state index in [1.165, 1.54) is 19.3 Å². The molecule has 0 bridgehead atoms. The van der Waals surface area contributed by atoms with E-state index in [0.717, 1.165) is 106 Å². The number of ketones is 2. The highest BCUT2D eigenvalue weighted by Gasteiger charge is 2.47. The minimum Gasteiger partial charge on any atom is -0.326 e. The van der Waals surface area contributed by atoms with E-state index < -0.39 is 0 Å². The van der Waals surface area contributed by atoms with E-state index in [0.29, 0.717) is 42.5 Å². The number of Topliss-reactive ketones (excluding diaryl/α,β-unsaturated/α-hetero) is 2. The number of carbonyl (C=O) groups is 2. The van der Waals surface area contributed by atoms with Crippen molar-refractivity contribution in [3.05, 3.63) is 118 Å². The molecule has 0 spiro atoms. The second-order valence-electron chi connectivity index (χ2n) is 15.9. The van der Waals surface area contributed by atoms with Crippen LogP contribution in [0.3, 0.4) is 0 Å². The van der Waals surface area contributed by atoms with E-state index in [1.807, 2.05) is 12.1 Å². The molecule has 0 fully saturated rings. The molecule has 0 radical (unpaired) electrons. The van der Waals surface area contributed by atoms with Gasteiger partial charge in [0.05, 0.1) is 0 Å². The molecule has 288 valence electrons. The highest BCUT2D eigenvalue weighted by Crippen LogP contribution is 2.53. The minimum absolute atomic E-state index is 0.00404. The van der Waals surface area contributed by atoms with E-state index in [1.54, 1.807) is 11.3 Å². The maximum Gasteiger partial charge on any atom is 0.171 e. The van der Waals surface area contributed by atoms with E-state index in [-0.39, 0.29) is 23.4 Å². The Morgan fingerprint density at radius 3 is 1.82 bits per heavy atom. The number of unbranched alkanes of at least 4 members (excludes halogenated alkanes) is 3. The van der Waals surface area contributed by atoms with Crippen LogP contribution < -0.4 is 11.5 Å². The fourth-order valence-electron chi connectivity index (χ4n) is 8.86. The molecule has 5 heteroatoms. The third-order valence-electron chi connectivity index (χ3n) is 12.2. The van der Waals surface area contributed by atoms with Crippen molar-refractivity contribution in [2.24, 2.45) is 35.1 Å². The van der Waals surface area contributed by atoms with Gasteiger partial charge in [0.1, 0.15) is 0 Å². The topological polar surface area (TPSA) is 86.2 Å². The number of thiophene rings is 1. The van der Waals surface area contributed by atoms with Crippen LogP contribution in [0, 0.1) is 35.8 Å². The molecule has 3 aromatic carbocycles. The Bertz CT molecular complexity index is 1970. The Balaban J connectivity index is 1.50. The summed E-state index contributed by atoms with van der Waals surface area (Å²) >= 11 is 1.75. The monoisotopic (exact) mass is 752 g/mol. The molecule has 2 aliphatic carbocycles. The van der Waals surface area contributed by atoms with E-state index >= 15 is 4.79 Å². The van der Waals surface area contributed by atoms with Gasteiger partial charge in [-0.1, -0.05) is 146 Å². The third kappa shape index (κ3) is 9.15. The lowest BCUT2D eigenvalue weighted by molar-refractivity contribution is -0.119. The fourth-order valence-corrected chi connectivity index (χ4v) is 10.0. The van der Waals surface area contributed by atoms with Gasteiger partial charge in [-0.2, -0.15) is 0 Å². The van der Waals surface area contributed by atoms with E-state index in [9.17, 15) is 4.79 Å². The molecule has 1 heterocycles. The van der Waals surface area contributed by atoms with Gasteiger partial charge in [0.2, 0.25) is 0 Å². The Hall–Kier alpha value is -4.08. The van der Waals surface area contributed by atoms with Crippen LogP contribution in [-0.2, 0) is 22.7 Å². The normalized spacial score (nSPS) is 18.1. The standard InChI is InChI=1S/C50H60N2O2S/c1-5-9-11-13-33(7-3)28-41-30-43(53)48-46(40-24-22-38(23-25-40)37-18-14-35(31-51)15-19-37)42(29-34(8-4)12-10-6-2)50(54)49(48)47(41)45-27-26-44(55-45)39-20-16-36(32-52)17-21-39/h14-22,24,26-27,33-34,41-42H,5-13,28-32,51-52H2,1-4H3. The van der Waals surface area contributed by atoms with Crippen LogP contribution in [0.2, 0.25) is 0 Å². The van der Waals surface area contributed by atoms with Crippen molar-refractivity contribution in [2.75, 3.05) is 0 Å². The number of hydrogen-bond acceptors (Lipinski definition) is 5. The Kier molecular flexibility index (Phi) is 14.2. The van der Waals surface area contributed by atoms with Crippen LogP contribution in [0.5, 0.6) is 0 Å². The molecule has 0 saturated carbocycles. The van der Waals surface area contributed by atoms with Crippen LogP contribution in [0.1, 0.15) is 126 Å². The predicted octanol–water partition coefficient (Wildman–Crippen LogP) is 12.2. The molecule has 0 saturated heterocycles. The molecular formula is C50H60N2O2S. The smallest absolute Gasteiger partial charge is 0.171 e. The second kappa shape index (κ2) is 19.2. The van der Waals surface area contributed by atoms with Gasteiger partial charge in [-0.25, -0.2) is 0 Å². The fraction of sp³-hybridized carbons (Fsp3) is 0.440. The number of fused-ring (bicyclic) bond motifs is 1. The summed E-state index contributed by atoms with van der Waals surface area (Å²) in [7, 11) is 0. The molecular weight excluding hydrogens is 693 g/mol. The molecule has 55 heavy (non-hydrogen) atoms. The Labute approximate surface area is 334 Å². The lowest BCUT2D eigenvalue weighted by atomic mass is 9.73. The summed E-state index contributed by atoms with van der Waals surface area (Å²) in [4.78, 5) is 32.3. The molecule has 0 amide bonds. The van der Waals surface area contributed by atoms with Crippen molar-refractivity contribution in [3.63, 3.8) is 0 Å². The molecule has 4 N–H and O–H groups in total. The summed E-state index contributed by atoms with van der Waals surface area (Å²) < 4.78 is 0. The van der Waals surface area contributed by atoms with Crippen LogP contribution in [0.25, 0.3) is 32.7 Å². The van der Waals surface area contributed by atoms with Crippen LogP contribution >= 0.6 is 11.3 Å². The quantitative estimate of drug-likeness (QED) is 0.0934. The van der Waals surface area contributed by atoms with Crippen molar-refractivity contribution in [2.45, 2.75) is 118 Å². The molecule has 1 aromatic heterocycles. The molecule has 4 unspecified atom stereocenters. The molecule has 0 aliphatic heterocycles. The number of nitrogens with two attached hydrogens (primary N) is 2. The number of allylic oxidation sites excluding steroid dienone is 4. The zero-order valence-electron chi connectivity index (χ0n) is 33.5. The van der Waals surface area contributed by atoms with Crippen molar-refractivity contribution >= 4 is 34.0 Å². The Morgan fingerprint density at radius 1 is 0.636 bits per heavy atom. The maximum absolute atomic E-state index is 15.3. The first-order chi connectivity index (χ1) is 26.8. The maximum atomic E-state index is 15.3. The molecule has 6 rings (SSSR count). The number of benzene rings is 2. The highest BCUT2D eigenvalue weighted by atomic mass is 32.1. The first kappa shape index (κ1) is 40.6. The number of carbonyl (C=O) groups excluding carboxylic acids is 2. The minimum atomic E-state index is -0.376. The van der Waals surface area contributed by atoms with Crippen LogP contribution in [0.15, 0.2) is 83.9 Å². The third-order valence-corrected chi connectivity index (χ3v) is 13.4. The molecule has 2 aliphatic rings. The largest absolute Gasteiger partial charge is 0.326 e. The van der Waals surface area contributed by atoms with Crippen LogP contribution in [-0.4, -0.2) is 11.6 Å². The summed E-state index contributed by atoms with van der Waals surface area (Å²) in [6, 6.07) is 32.1. The van der Waals surface area contributed by atoms with Gasteiger partial charge in [-0.3, -0.25) is 9.59 Å². The molecule has 4 atom stereocenters. The average Bonchev–Trinajstić information content (AvgIpc) is 3.82. The van der Waals surface area contributed by atoms with Gasteiger partial charge in [0.15, 0.2) is 11.6 Å². The van der Waals surface area contributed by atoms with Crippen molar-refractivity contribution in [3.8, 4) is 21.6 Å². The van der Waals surface area contributed by atoms with Crippen molar-refractivity contribution in [1.29, 1.82) is 0 Å². The highest BCUT2D eigenvalue weighted by molar-refractivity contribution is 7.16. The van der Waals surface area contributed by atoms with Gasteiger partial charge in [0.25, 0.3) is 0 Å². The van der Waals surface area contributed by atoms with Crippen LogP contribution in [0.4, 0.5) is 0 Å². The van der Waals surface area contributed by atoms with Crippen molar-refractivity contribution in [1.82, 2.24) is 0 Å². The summed E-state index contributed by atoms with van der Waals surface area (Å²) in [5.74, 6) is 0.779. The zero-order chi connectivity index (χ0) is 38.9. The zero-order valence-corrected chi connectivity index (χ0v) is 34.3. The summed E-state index contributed by atoms with van der Waals surface area (Å²) in [6.07, 6.45) is 12.3. The lowest BCUT2D eigenvalue weighted by Gasteiger charge is -2.30. The first-order valence-electron chi connectivity index (χ1n) is 21.0. The Morgan fingerprint density at radius 2 is 1.22 bits per heavy atom. The molecule has 4 nitrogen and oxygen atoms in total. The summed E-state index contributed by atoms with van der Waals surface area (Å²) in [6.45, 7) is 10.0.